The van der Waals surface area contributed by atoms with Crippen LogP contribution in [-0.2, 0) is 39.2 Å². The standard InChI is InChI=1S/C22H27ClN8O4S/c1-36(33,34)27-11-17-4-2-3-16(9-17)10-24-21-19(23)13-25-22(29-21)28-18-12-26-31(14-18)15-20(32)30-5-7-35-8-6-30/h2-4,9,12-14,27H,5-8,10-11,15H2,1H3,(H2,24,25,28,29). The van der Waals surface area contributed by atoms with Crippen molar-refractivity contribution in [1.29, 1.82) is 0 Å². The van der Waals surface area contributed by atoms with Crippen LogP contribution in [0.4, 0.5) is 17.5 Å². The number of amides is 1. The molecule has 0 saturated carbocycles. The van der Waals surface area contributed by atoms with Crippen molar-refractivity contribution in [3.63, 3.8) is 0 Å². The minimum absolute atomic E-state index is 0.0154. The molecule has 192 valence electrons. The Bertz CT molecular complexity index is 1310. The van der Waals surface area contributed by atoms with E-state index in [1.165, 1.54) is 6.20 Å². The second-order valence-corrected chi connectivity index (χ2v) is 10.4. The summed E-state index contributed by atoms with van der Waals surface area (Å²) in [6, 6.07) is 7.51. The normalized spacial score (nSPS) is 14.0. The summed E-state index contributed by atoms with van der Waals surface area (Å²) in [5, 5.41) is 10.8. The molecule has 14 heteroatoms. The van der Waals surface area contributed by atoms with E-state index in [0.29, 0.717) is 55.3 Å². The Kier molecular flexibility index (Phi) is 8.36. The number of benzene rings is 1. The minimum atomic E-state index is -3.27. The molecule has 1 aromatic carbocycles. The molecule has 1 aliphatic rings. The van der Waals surface area contributed by atoms with Gasteiger partial charge in [-0.05, 0) is 11.1 Å². The lowest BCUT2D eigenvalue weighted by Gasteiger charge is -2.26. The monoisotopic (exact) mass is 534 g/mol. The Morgan fingerprint density at radius 2 is 1.92 bits per heavy atom. The molecule has 3 N–H and O–H groups in total. The van der Waals surface area contributed by atoms with Crippen LogP contribution in [0.3, 0.4) is 0 Å². The summed E-state index contributed by atoms with van der Waals surface area (Å²) in [6.45, 7) is 3.03. The zero-order valence-corrected chi connectivity index (χ0v) is 21.2. The number of halogens is 1. The molecule has 12 nitrogen and oxygen atoms in total. The van der Waals surface area contributed by atoms with Crippen molar-refractivity contribution < 1.29 is 17.9 Å². The van der Waals surface area contributed by atoms with Gasteiger partial charge < -0.3 is 20.3 Å². The molecule has 1 saturated heterocycles. The fraction of sp³-hybridized carbons (Fsp3) is 0.364. The van der Waals surface area contributed by atoms with Crippen molar-refractivity contribution in [2.24, 2.45) is 0 Å². The number of ether oxygens (including phenoxy) is 1. The SMILES string of the molecule is CS(=O)(=O)NCc1cccc(CNc2nc(Nc3cnn(CC(=O)N4CCOCC4)c3)ncc2Cl)c1. The lowest BCUT2D eigenvalue weighted by Crippen LogP contribution is -2.42. The van der Waals surface area contributed by atoms with Crippen LogP contribution in [0.2, 0.25) is 5.02 Å². The molecule has 2 aromatic heterocycles. The van der Waals surface area contributed by atoms with E-state index < -0.39 is 10.0 Å². The third kappa shape index (κ3) is 7.62. The van der Waals surface area contributed by atoms with Crippen LogP contribution in [0.25, 0.3) is 0 Å². The Morgan fingerprint density at radius 3 is 2.67 bits per heavy atom. The molecule has 0 radical (unpaired) electrons. The summed E-state index contributed by atoms with van der Waals surface area (Å²) in [5.41, 5.74) is 2.39. The number of carbonyl (C=O) groups excluding carboxylic acids is 1. The summed E-state index contributed by atoms with van der Waals surface area (Å²) >= 11 is 6.27. The van der Waals surface area contributed by atoms with Gasteiger partial charge in [0.1, 0.15) is 11.6 Å². The predicted octanol–water partition coefficient (Wildman–Crippen LogP) is 1.59. The fourth-order valence-electron chi connectivity index (χ4n) is 3.50. The molecule has 36 heavy (non-hydrogen) atoms. The van der Waals surface area contributed by atoms with Gasteiger partial charge in [-0.2, -0.15) is 10.1 Å². The summed E-state index contributed by atoms with van der Waals surface area (Å²) in [7, 11) is -3.27. The van der Waals surface area contributed by atoms with E-state index in [9.17, 15) is 13.2 Å². The molecule has 0 atom stereocenters. The van der Waals surface area contributed by atoms with Crippen LogP contribution < -0.4 is 15.4 Å². The van der Waals surface area contributed by atoms with E-state index in [0.717, 1.165) is 17.4 Å². The van der Waals surface area contributed by atoms with E-state index in [2.05, 4.69) is 30.4 Å². The van der Waals surface area contributed by atoms with Crippen molar-refractivity contribution in [2.45, 2.75) is 19.6 Å². The first-order valence-corrected chi connectivity index (χ1v) is 13.5. The maximum atomic E-state index is 12.4. The number of hydrogen-bond acceptors (Lipinski definition) is 9. The average Bonchev–Trinajstić information content (AvgIpc) is 3.30. The first-order chi connectivity index (χ1) is 17.2. The van der Waals surface area contributed by atoms with Gasteiger partial charge in [0.15, 0.2) is 5.82 Å². The Morgan fingerprint density at radius 1 is 1.17 bits per heavy atom. The van der Waals surface area contributed by atoms with Gasteiger partial charge in [-0.25, -0.2) is 18.1 Å². The zero-order valence-electron chi connectivity index (χ0n) is 19.6. The highest BCUT2D eigenvalue weighted by Crippen LogP contribution is 2.22. The predicted molar refractivity (Wildman–Crippen MR) is 135 cm³/mol. The largest absolute Gasteiger partial charge is 0.378 e. The van der Waals surface area contributed by atoms with E-state index in [4.69, 9.17) is 16.3 Å². The lowest BCUT2D eigenvalue weighted by molar-refractivity contribution is -0.136. The molecule has 0 bridgehead atoms. The molecule has 0 unspecified atom stereocenters. The van der Waals surface area contributed by atoms with Gasteiger partial charge in [0.2, 0.25) is 21.9 Å². The van der Waals surface area contributed by atoms with Gasteiger partial charge in [0.25, 0.3) is 0 Å². The number of nitrogens with one attached hydrogen (secondary N) is 3. The van der Waals surface area contributed by atoms with Gasteiger partial charge in [0.05, 0.1) is 37.6 Å². The number of rotatable bonds is 10. The van der Waals surface area contributed by atoms with E-state index in [1.54, 1.807) is 22.0 Å². The first kappa shape index (κ1) is 25.8. The van der Waals surface area contributed by atoms with Gasteiger partial charge >= 0.3 is 0 Å². The fourth-order valence-corrected chi connectivity index (χ4v) is 4.08. The molecular weight excluding hydrogens is 508 g/mol. The highest BCUT2D eigenvalue weighted by molar-refractivity contribution is 7.88. The summed E-state index contributed by atoms with van der Waals surface area (Å²) < 4.78 is 32.0. The molecule has 1 amide bonds. The van der Waals surface area contributed by atoms with Gasteiger partial charge in [-0.1, -0.05) is 35.9 Å². The topological polar surface area (TPSA) is 143 Å². The van der Waals surface area contributed by atoms with Crippen molar-refractivity contribution in [3.05, 3.63) is 59.0 Å². The maximum Gasteiger partial charge on any atom is 0.244 e. The number of anilines is 3. The Labute approximate surface area is 214 Å². The molecule has 1 fully saturated rings. The smallest absolute Gasteiger partial charge is 0.244 e. The van der Waals surface area contributed by atoms with Crippen molar-refractivity contribution in [3.8, 4) is 0 Å². The Hall–Kier alpha value is -3.26. The molecule has 3 aromatic rings. The first-order valence-electron chi connectivity index (χ1n) is 11.2. The van der Waals surface area contributed by atoms with Crippen molar-refractivity contribution in [1.82, 2.24) is 29.4 Å². The second kappa shape index (κ2) is 11.6. The van der Waals surface area contributed by atoms with Crippen LogP contribution in [0, 0.1) is 0 Å². The van der Waals surface area contributed by atoms with Crippen molar-refractivity contribution in [2.75, 3.05) is 43.2 Å². The third-order valence-corrected chi connectivity index (χ3v) is 6.23. The lowest BCUT2D eigenvalue weighted by atomic mass is 10.1. The number of hydrogen-bond donors (Lipinski definition) is 3. The molecule has 1 aliphatic heterocycles. The summed E-state index contributed by atoms with van der Waals surface area (Å²) in [4.78, 5) is 22.8. The van der Waals surface area contributed by atoms with Crippen LogP contribution in [-0.4, -0.2) is 71.5 Å². The minimum Gasteiger partial charge on any atom is -0.378 e. The van der Waals surface area contributed by atoms with Crippen LogP contribution in [0.5, 0.6) is 0 Å². The number of carbonyl (C=O) groups is 1. The third-order valence-electron chi connectivity index (χ3n) is 5.28. The number of morpholine rings is 1. The Balaban J connectivity index is 1.34. The summed E-state index contributed by atoms with van der Waals surface area (Å²) in [6.07, 6.45) is 5.91. The van der Waals surface area contributed by atoms with Crippen LogP contribution in [0.1, 0.15) is 11.1 Å². The van der Waals surface area contributed by atoms with Gasteiger partial charge in [-0.15, -0.1) is 0 Å². The van der Waals surface area contributed by atoms with E-state index >= 15 is 0 Å². The molecule has 4 rings (SSSR count). The van der Waals surface area contributed by atoms with Crippen LogP contribution >= 0.6 is 11.6 Å². The number of sulfonamides is 1. The van der Waals surface area contributed by atoms with Gasteiger partial charge in [-0.3, -0.25) is 9.48 Å². The quantitative estimate of drug-likeness (QED) is 0.353. The van der Waals surface area contributed by atoms with E-state index in [-0.39, 0.29) is 19.0 Å². The zero-order chi connectivity index (χ0) is 25.5. The summed E-state index contributed by atoms with van der Waals surface area (Å²) in [5.74, 6) is 0.731. The molecule has 3 heterocycles. The number of aromatic nitrogens is 4. The van der Waals surface area contributed by atoms with Crippen molar-refractivity contribution >= 4 is 45.0 Å². The van der Waals surface area contributed by atoms with Crippen LogP contribution in [0.15, 0.2) is 42.9 Å². The van der Waals surface area contributed by atoms with E-state index in [1.807, 2.05) is 24.3 Å². The average molecular weight is 535 g/mol. The van der Waals surface area contributed by atoms with Gasteiger partial charge in [0, 0.05) is 32.4 Å². The second-order valence-electron chi connectivity index (χ2n) is 8.20. The molecule has 0 aliphatic carbocycles. The highest BCUT2D eigenvalue weighted by atomic mass is 35.5. The highest BCUT2D eigenvalue weighted by Gasteiger charge is 2.17. The maximum absolute atomic E-state index is 12.4. The number of nitrogens with zero attached hydrogens (tertiary/aromatic N) is 5. The molecular formula is C22H27ClN8O4S. The molecule has 0 spiro atoms.